The van der Waals surface area contributed by atoms with E-state index >= 15 is 0 Å². The fraction of sp³-hybridized carbons (Fsp3) is 0.259. The predicted octanol–water partition coefficient (Wildman–Crippen LogP) is 4.89. The fourth-order valence-corrected chi connectivity index (χ4v) is 4.83. The molecule has 0 aromatic heterocycles. The Balaban J connectivity index is 1.12. The molecule has 0 radical (unpaired) electrons. The average molecular weight is 452 g/mol. The molecule has 1 N–H and O–H groups in total. The number of likely N-dealkylation sites (tertiary alicyclic amines) is 1. The maximum atomic E-state index is 12.9. The molecule has 170 valence electrons. The van der Waals surface area contributed by atoms with Crippen molar-refractivity contribution in [3.63, 3.8) is 0 Å². The Kier molecular flexibility index (Phi) is 5.19. The minimum absolute atomic E-state index is 0.112. The van der Waals surface area contributed by atoms with Crippen LogP contribution in [0.4, 0.5) is 10.5 Å². The molecule has 1 saturated heterocycles. The van der Waals surface area contributed by atoms with E-state index in [1.165, 1.54) is 36.2 Å². The van der Waals surface area contributed by atoms with E-state index in [1.54, 1.807) is 0 Å². The van der Waals surface area contributed by atoms with Gasteiger partial charge >= 0.3 is 6.03 Å². The van der Waals surface area contributed by atoms with Gasteiger partial charge in [-0.05, 0) is 53.9 Å². The number of hydrogen-bond acceptors (Lipinski definition) is 4. The summed E-state index contributed by atoms with van der Waals surface area (Å²) in [7, 11) is 0. The van der Waals surface area contributed by atoms with Crippen molar-refractivity contribution in [1.29, 1.82) is 0 Å². The first kappa shape index (κ1) is 20.7. The van der Waals surface area contributed by atoms with Crippen LogP contribution >= 0.6 is 0 Å². The second kappa shape index (κ2) is 8.50. The predicted molar refractivity (Wildman–Crippen MR) is 130 cm³/mol. The zero-order chi connectivity index (χ0) is 23.1. The first-order chi connectivity index (χ1) is 16.6. The molecule has 0 saturated carbocycles. The van der Waals surface area contributed by atoms with E-state index in [2.05, 4.69) is 38.6 Å². The first-order valence-corrected chi connectivity index (χ1v) is 11.7. The molecule has 0 spiro atoms. The van der Waals surface area contributed by atoms with Crippen LogP contribution in [0.15, 0.2) is 82.6 Å². The van der Waals surface area contributed by atoms with Crippen LogP contribution in [0.25, 0.3) is 5.70 Å². The molecular weight excluding hydrogens is 426 g/mol. The van der Waals surface area contributed by atoms with Crippen LogP contribution in [0, 0.1) is 5.92 Å². The highest BCUT2D eigenvalue weighted by Gasteiger charge is 2.28. The number of amides is 3. The number of benzene rings is 2. The van der Waals surface area contributed by atoms with Gasteiger partial charge in [0.05, 0.1) is 11.6 Å². The zero-order valence-corrected chi connectivity index (χ0v) is 18.8. The highest BCUT2D eigenvalue weighted by Crippen LogP contribution is 2.34. The Morgan fingerprint density at radius 1 is 1.00 bits per heavy atom. The molecular formula is C27H25N5O2. The lowest BCUT2D eigenvalue weighted by molar-refractivity contribution is -0.119. The highest BCUT2D eigenvalue weighted by molar-refractivity contribution is 5.92. The number of anilines is 1. The van der Waals surface area contributed by atoms with E-state index < -0.39 is 0 Å². The molecule has 1 aliphatic carbocycles. The summed E-state index contributed by atoms with van der Waals surface area (Å²) in [5.41, 5.74) is 6.88. The number of azo groups is 1. The molecule has 1 fully saturated rings. The van der Waals surface area contributed by atoms with Gasteiger partial charge in [-0.15, -0.1) is 10.2 Å². The third kappa shape index (κ3) is 3.88. The van der Waals surface area contributed by atoms with Gasteiger partial charge in [-0.3, -0.25) is 9.69 Å². The Labute approximate surface area is 198 Å². The zero-order valence-electron chi connectivity index (χ0n) is 18.8. The topological polar surface area (TPSA) is 77.4 Å². The molecule has 3 amide bonds. The molecule has 4 aliphatic rings. The molecule has 0 bridgehead atoms. The summed E-state index contributed by atoms with van der Waals surface area (Å²) in [5.74, 6) is -0.623. The Morgan fingerprint density at radius 2 is 1.82 bits per heavy atom. The quantitative estimate of drug-likeness (QED) is 0.719. The minimum Gasteiger partial charge on any atom is -0.316 e. The molecule has 3 aliphatic heterocycles. The van der Waals surface area contributed by atoms with Crippen LogP contribution in [-0.4, -0.2) is 34.8 Å². The summed E-state index contributed by atoms with van der Waals surface area (Å²) in [6, 6.07) is 14.0. The maximum absolute atomic E-state index is 12.9. The second-order valence-electron chi connectivity index (χ2n) is 9.16. The fourth-order valence-electron chi connectivity index (χ4n) is 4.83. The van der Waals surface area contributed by atoms with Crippen LogP contribution in [0.5, 0.6) is 0 Å². The Hall–Kier alpha value is -3.84. The monoisotopic (exact) mass is 451 g/mol. The molecule has 1 atom stereocenters. The van der Waals surface area contributed by atoms with Crippen molar-refractivity contribution in [2.75, 3.05) is 18.4 Å². The van der Waals surface area contributed by atoms with Crippen LogP contribution in [-0.2, 0) is 24.4 Å². The smallest absolute Gasteiger partial charge is 0.316 e. The third-order valence-electron chi connectivity index (χ3n) is 6.86. The largest absolute Gasteiger partial charge is 0.322 e. The average Bonchev–Trinajstić information content (AvgIpc) is 3.26. The Bertz CT molecular complexity index is 1280. The van der Waals surface area contributed by atoms with Crippen molar-refractivity contribution in [1.82, 2.24) is 9.80 Å². The van der Waals surface area contributed by atoms with E-state index in [9.17, 15) is 9.59 Å². The van der Waals surface area contributed by atoms with Crippen molar-refractivity contribution in [2.45, 2.75) is 26.1 Å². The summed E-state index contributed by atoms with van der Waals surface area (Å²) >= 11 is 0. The van der Waals surface area contributed by atoms with Crippen LogP contribution in [0.3, 0.4) is 0 Å². The van der Waals surface area contributed by atoms with E-state index in [1.807, 2.05) is 53.5 Å². The number of nitrogens with one attached hydrogen (secondary N) is 1. The molecule has 34 heavy (non-hydrogen) atoms. The van der Waals surface area contributed by atoms with Crippen LogP contribution in [0.1, 0.15) is 28.7 Å². The van der Waals surface area contributed by atoms with Gasteiger partial charge in [0.2, 0.25) is 0 Å². The maximum Gasteiger partial charge on any atom is 0.322 e. The lowest BCUT2D eigenvalue weighted by Gasteiger charge is -2.30. The van der Waals surface area contributed by atoms with Gasteiger partial charge in [0.1, 0.15) is 0 Å². The Morgan fingerprint density at radius 3 is 2.62 bits per heavy atom. The summed E-state index contributed by atoms with van der Waals surface area (Å²) < 4.78 is 0. The van der Waals surface area contributed by atoms with Gasteiger partial charge in [0.25, 0.3) is 5.91 Å². The van der Waals surface area contributed by atoms with E-state index in [0.717, 1.165) is 17.7 Å². The summed E-state index contributed by atoms with van der Waals surface area (Å²) in [6.45, 7) is 4.59. The number of rotatable bonds is 4. The normalized spacial score (nSPS) is 20.9. The SMILES string of the molecule is O=C1N=NC(c2ccc(NC(=O)N3Cc4ccc(CN5CCC5)cc4C3)cc2)=C2C=CC=CC12. The second-order valence-corrected chi connectivity index (χ2v) is 9.16. The van der Waals surface area contributed by atoms with Gasteiger partial charge in [-0.2, -0.15) is 0 Å². The molecule has 6 rings (SSSR count). The number of allylic oxidation sites excluding steroid dienone is 3. The molecule has 1 unspecified atom stereocenters. The van der Waals surface area contributed by atoms with Gasteiger partial charge in [0, 0.05) is 30.9 Å². The van der Waals surface area contributed by atoms with Gasteiger partial charge in [-0.25, -0.2) is 4.79 Å². The number of urea groups is 1. The molecule has 2 aromatic carbocycles. The number of hydrogen-bond donors (Lipinski definition) is 1. The lowest BCUT2D eigenvalue weighted by Crippen LogP contribution is -2.36. The lowest BCUT2D eigenvalue weighted by atomic mass is 9.89. The van der Waals surface area contributed by atoms with Crippen molar-refractivity contribution in [2.24, 2.45) is 16.1 Å². The van der Waals surface area contributed by atoms with Gasteiger partial charge in [0.15, 0.2) is 0 Å². The summed E-state index contributed by atoms with van der Waals surface area (Å²) in [6.07, 6.45) is 8.79. The van der Waals surface area contributed by atoms with E-state index in [0.29, 0.717) is 24.5 Å². The molecule has 7 heteroatoms. The van der Waals surface area contributed by atoms with Crippen molar-refractivity contribution >= 4 is 23.3 Å². The van der Waals surface area contributed by atoms with Crippen LogP contribution < -0.4 is 5.32 Å². The van der Waals surface area contributed by atoms with Crippen molar-refractivity contribution in [3.8, 4) is 0 Å². The standard InChI is InChI=1S/C27H25N5O2/c33-26-24-5-2-1-4-23(24)25(29-30-26)19-8-10-22(11-9-19)28-27(34)32-16-20-7-6-18(14-21(20)17-32)15-31-12-3-13-31/h1-2,4-11,14,24H,3,12-13,15-17H2,(H,28,34). The highest BCUT2D eigenvalue weighted by atomic mass is 16.2. The molecule has 3 heterocycles. The number of carbonyl (C=O) groups is 2. The van der Waals surface area contributed by atoms with Gasteiger partial charge < -0.3 is 10.2 Å². The third-order valence-corrected chi connectivity index (χ3v) is 6.86. The molecule has 2 aromatic rings. The van der Waals surface area contributed by atoms with E-state index in [-0.39, 0.29) is 17.9 Å². The summed E-state index contributed by atoms with van der Waals surface area (Å²) in [5, 5.41) is 11.0. The molecule has 7 nitrogen and oxygen atoms in total. The van der Waals surface area contributed by atoms with Crippen molar-refractivity contribution in [3.05, 3.63) is 94.6 Å². The van der Waals surface area contributed by atoms with Crippen molar-refractivity contribution < 1.29 is 9.59 Å². The van der Waals surface area contributed by atoms with Gasteiger partial charge in [-0.1, -0.05) is 54.6 Å². The first-order valence-electron chi connectivity index (χ1n) is 11.7. The number of nitrogens with zero attached hydrogens (tertiary/aromatic N) is 4. The van der Waals surface area contributed by atoms with E-state index in [4.69, 9.17) is 0 Å². The van der Waals surface area contributed by atoms with Crippen LogP contribution in [0.2, 0.25) is 0 Å². The minimum atomic E-state index is -0.375. The number of fused-ring (bicyclic) bond motifs is 2. The summed E-state index contributed by atoms with van der Waals surface area (Å²) in [4.78, 5) is 29.2. The number of carbonyl (C=O) groups excluding carboxylic acids is 2.